The molecule has 1 rings (SSSR count). The highest BCUT2D eigenvalue weighted by atomic mass is 19.4. The second-order valence-electron chi connectivity index (χ2n) is 3.25. The molecule has 17 heavy (non-hydrogen) atoms. The van der Waals surface area contributed by atoms with E-state index in [2.05, 4.69) is 0 Å². The molecule has 0 saturated heterocycles. The van der Waals surface area contributed by atoms with E-state index in [1.807, 2.05) is 0 Å². The molecule has 6 heteroatoms. The van der Waals surface area contributed by atoms with E-state index in [1.54, 1.807) is 6.92 Å². The molecule has 1 aromatic rings. The molecule has 0 amide bonds. The molecule has 0 saturated carbocycles. The van der Waals surface area contributed by atoms with Gasteiger partial charge in [-0.25, -0.2) is 4.39 Å². The zero-order valence-corrected chi connectivity index (χ0v) is 8.97. The van der Waals surface area contributed by atoms with Crippen LogP contribution in [0.5, 0.6) is 0 Å². The van der Waals surface area contributed by atoms with Crippen molar-refractivity contribution in [1.29, 1.82) is 0 Å². The highest BCUT2D eigenvalue weighted by Crippen LogP contribution is 2.32. The van der Waals surface area contributed by atoms with Crippen LogP contribution in [0.25, 0.3) is 0 Å². The van der Waals surface area contributed by atoms with Crippen molar-refractivity contribution in [2.45, 2.75) is 13.1 Å². The van der Waals surface area contributed by atoms with Gasteiger partial charge in [-0.2, -0.15) is 13.2 Å². The largest absolute Gasteiger partial charge is 0.417 e. The fourth-order valence-corrected chi connectivity index (χ4v) is 1.27. The van der Waals surface area contributed by atoms with Crippen molar-refractivity contribution < 1.29 is 27.1 Å². The Morgan fingerprint density at radius 2 is 2.00 bits per heavy atom. The number of rotatable bonds is 4. The lowest BCUT2D eigenvalue weighted by Crippen LogP contribution is -2.17. The van der Waals surface area contributed by atoms with Gasteiger partial charge in [0.2, 0.25) is 0 Å². The quantitative estimate of drug-likeness (QED) is 0.606. The SMILES string of the molecule is CCOCC(=O)c1cc(F)ccc1C(F)(F)F. The van der Waals surface area contributed by atoms with Crippen LogP contribution in [0.4, 0.5) is 17.6 Å². The fraction of sp³-hybridized carbons (Fsp3) is 0.364. The van der Waals surface area contributed by atoms with Crippen LogP contribution in [-0.4, -0.2) is 19.0 Å². The molecule has 2 nitrogen and oxygen atoms in total. The Balaban J connectivity index is 3.11. The molecule has 0 aliphatic heterocycles. The van der Waals surface area contributed by atoms with Gasteiger partial charge in [0.05, 0.1) is 5.56 Å². The molecule has 0 atom stereocenters. The number of benzene rings is 1. The van der Waals surface area contributed by atoms with Gasteiger partial charge in [0.15, 0.2) is 5.78 Å². The van der Waals surface area contributed by atoms with Gasteiger partial charge in [-0.15, -0.1) is 0 Å². The minimum atomic E-state index is -4.69. The van der Waals surface area contributed by atoms with Crippen LogP contribution in [0.1, 0.15) is 22.8 Å². The first-order chi connectivity index (χ1) is 7.86. The second kappa shape index (κ2) is 5.27. The molecule has 0 radical (unpaired) electrons. The summed E-state index contributed by atoms with van der Waals surface area (Å²) in [5, 5.41) is 0. The van der Waals surface area contributed by atoms with Crippen LogP contribution in [0.2, 0.25) is 0 Å². The van der Waals surface area contributed by atoms with E-state index in [4.69, 9.17) is 4.74 Å². The maximum Gasteiger partial charge on any atom is 0.417 e. The summed E-state index contributed by atoms with van der Waals surface area (Å²) in [6, 6.07) is 1.79. The van der Waals surface area contributed by atoms with Gasteiger partial charge in [0.1, 0.15) is 12.4 Å². The van der Waals surface area contributed by atoms with Crippen LogP contribution in [-0.2, 0) is 10.9 Å². The zero-order valence-electron chi connectivity index (χ0n) is 8.97. The molecular weight excluding hydrogens is 240 g/mol. The number of halogens is 4. The fourth-order valence-electron chi connectivity index (χ4n) is 1.27. The number of alkyl halides is 3. The molecule has 0 bridgehead atoms. The Labute approximate surface area is 95.2 Å². The molecule has 1 aromatic carbocycles. The van der Waals surface area contributed by atoms with Gasteiger partial charge in [-0.05, 0) is 25.1 Å². The van der Waals surface area contributed by atoms with E-state index in [0.29, 0.717) is 18.2 Å². The number of ether oxygens (including phenoxy) is 1. The number of Topliss-reactive ketones (excluding diaryl/α,β-unsaturated/α-hetero) is 1. The molecule has 0 aliphatic rings. The smallest absolute Gasteiger partial charge is 0.374 e. The topological polar surface area (TPSA) is 26.3 Å². The number of carbonyl (C=O) groups excluding carboxylic acids is 1. The Kier molecular flexibility index (Phi) is 4.22. The van der Waals surface area contributed by atoms with Crippen LogP contribution in [0.15, 0.2) is 18.2 Å². The Morgan fingerprint density at radius 1 is 1.35 bits per heavy atom. The van der Waals surface area contributed by atoms with Crippen molar-refractivity contribution in [3.63, 3.8) is 0 Å². The first kappa shape index (κ1) is 13.6. The van der Waals surface area contributed by atoms with Crippen LogP contribution in [0.3, 0.4) is 0 Å². The second-order valence-corrected chi connectivity index (χ2v) is 3.25. The summed E-state index contributed by atoms with van der Waals surface area (Å²) >= 11 is 0. The average molecular weight is 250 g/mol. The highest BCUT2D eigenvalue weighted by molar-refractivity contribution is 5.98. The Hall–Kier alpha value is -1.43. The minimum absolute atomic E-state index is 0.197. The molecule has 0 heterocycles. The van der Waals surface area contributed by atoms with Crippen molar-refractivity contribution in [3.05, 3.63) is 35.1 Å². The maximum atomic E-state index is 12.9. The summed E-state index contributed by atoms with van der Waals surface area (Å²) in [6.07, 6.45) is -4.69. The molecule has 0 fully saturated rings. The molecule has 0 aliphatic carbocycles. The summed E-state index contributed by atoms with van der Waals surface area (Å²) < 4.78 is 55.2. The van der Waals surface area contributed by atoms with Crippen LogP contribution >= 0.6 is 0 Å². The first-order valence-corrected chi connectivity index (χ1v) is 4.84. The number of hydrogen-bond acceptors (Lipinski definition) is 2. The van der Waals surface area contributed by atoms with E-state index in [0.717, 1.165) is 0 Å². The monoisotopic (exact) mass is 250 g/mol. The summed E-state index contributed by atoms with van der Waals surface area (Å²) in [5.74, 6) is -1.78. The van der Waals surface area contributed by atoms with Gasteiger partial charge in [-0.1, -0.05) is 0 Å². The van der Waals surface area contributed by atoms with Gasteiger partial charge >= 0.3 is 6.18 Å². The van der Waals surface area contributed by atoms with E-state index >= 15 is 0 Å². The zero-order chi connectivity index (χ0) is 13.1. The molecule has 0 aromatic heterocycles. The Bertz CT molecular complexity index is 412. The van der Waals surface area contributed by atoms with Crippen molar-refractivity contribution in [1.82, 2.24) is 0 Å². The lowest BCUT2D eigenvalue weighted by molar-refractivity contribution is -0.138. The third-order valence-electron chi connectivity index (χ3n) is 2.02. The lowest BCUT2D eigenvalue weighted by Gasteiger charge is -2.11. The van der Waals surface area contributed by atoms with Crippen molar-refractivity contribution in [3.8, 4) is 0 Å². The molecule has 0 N–H and O–H groups in total. The van der Waals surface area contributed by atoms with Crippen molar-refractivity contribution in [2.75, 3.05) is 13.2 Å². The van der Waals surface area contributed by atoms with Crippen molar-refractivity contribution >= 4 is 5.78 Å². The van der Waals surface area contributed by atoms with Crippen LogP contribution < -0.4 is 0 Å². The van der Waals surface area contributed by atoms with Crippen molar-refractivity contribution in [2.24, 2.45) is 0 Å². The minimum Gasteiger partial charge on any atom is -0.374 e. The average Bonchev–Trinajstić information content (AvgIpc) is 2.24. The maximum absolute atomic E-state index is 12.9. The van der Waals surface area contributed by atoms with Gasteiger partial charge in [-0.3, -0.25) is 4.79 Å². The number of hydrogen-bond donors (Lipinski definition) is 0. The lowest BCUT2D eigenvalue weighted by atomic mass is 10.0. The molecule has 0 spiro atoms. The highest BCUT2D eigenvalue weighted by Gasteiger charge is 2.35. The molecule has 0 unspecified atom stereocenters. The molecule has 94 valence electrons. The van der Waals surface area contributed by atoms with E-state index in [9.17, 15) is 22.4 Å². The van der Waals surface area contributed by atoms with Gasteiger partial charge in [0, 0.05) is 12.2 Å². The summed E-state index contributed by atoms with van der Waals surface area (Å²) in [5.41, 5.74) is -1.85. The van der Waals surface area contributed by atoms with Gasteiger partial charge < -0.3 is 4.74 Å². The summed E-state index contributed by atoms with van der Waals surface area (Å²) in [6.45, 7) is 1.30. The first-order valence-electron chi connectivity index (χ1n) is 4.84. The summed E-state index contributed by atoms with van der Waals surface area (Å²) in [4.78, 5) is 11.4. The Morgan fingerprint density at radius 3 is 2.53 bits per heavy atom. The van der Waals surface area contributed by atoms with E-state index in [-0.39, 0.29) is 6.61 Å². The van der Waals surface area contributed by atoms with E-state index in [1.165, 1.54) is 0 Å². The molecular formula is C11H10F4O2. The third-order valence-corrected chi connectivity index (χ3v) is 2.02. The predicted molar refractivity (Wildman–Crippen MR) is 52.2 cm³/mol. The number of carbonyl (C=O) groups is 1. The van der Waals surface area contributed by atoms with Crippen LogP contribution in [0, 0.1) is 5.82 Å². The predicted octanol–water partition coefficient (Wildman–Crippen LogP) is 3.06. The standard InChI is InChI=1S/C11H10F4O2/c1-2-17-6-10(16)8-5-7(12)3-4-9(8)11(13,14)15/h3-5H,2,6H2,1H3. The normalized spacial score (nSPS) is 11.6. The summed E-state index contributed by atoms with van der Waals surface area (Å²) in [7, 11) is 0. The van der Waals surface area contributed by atoms with Gasteiger partial charge in [0.25, 0.3) is 0 Å². The number of ketones is 1. The third kappa shape index (κ3) is 3.52. The van der Waals surface area contributed by atoms with E-state index < -0.39 is 35.5 Å².